The molecule has 3 aromatic carbocycles. The van der Waals surface area contributed by atoms with Crippen molar-refractivity contribution in [2.45, 2.75) is 46.0 Å². The molecule has 1 aliphatic rings. The molecule has 0 amide bonds. The second kappa shape index (κ2) is 16.9. The third kappa shape index (κ3) is 8.56. The Labute approximate surface area is 299 Å². The first-order valence-corrected chi connectivity index (χ1v) is 15.7. The number of carbonyl (C=O) groups is 1. The summed E-state index contributed by atoms with van der Waals surface area (Å²) in [4.78, 5) is 17.1. The van der Waals surface area contributed by atoms with Crippen molar-refractivity contribution in [2.75, 3.05) is 25.1 Å². The second-order valence-corrected chi connectivity index (χ2v) is 12.0. The lowest BCUT2D eigenvalue weighted by molar-refractivity contribution is -0.575. The van der Waals surface area contributed by atoms with Gasteiger partial charge in [0.15, 0.2) is 10.8 Å². The average Bonchev–Trinajstić information content (AvgIpc) is 3.64. The van der Waals surface area contributed by atoms with Crippen molar-refractivity contribution >= 4 is 41.7 Å². The summed E-state index contributed by atoms with van der Waals surface area (Å²) in [5.41, 5.74) is 4.65. The largest absolute Gasteiger partial charge is 1.00 e. The molecule has 2 N–H and O–H groups in total. The van der Waals surface area contributed by atoms with Crippen LogP contribution >= 0.6 is 23.7 Å². The van der Waals surface area contributed by atoms with E-state index in [1.165, 1.54) is 23.5 Å². The number of thiazole rings is 1. The van der Waals surface area contributed by atoms with E-state index in [4.69, 9.17) is 9.72 Å². The Hall–Kier alpha value is -3.93. The number of hydrazine groups is 1. The van der Waals surface area contributed by atoms with Gasteiger partial charge in [0, 0.05) is 17.0 Å². The summed E-state index contributed by atoms with van der Waals surface area (Å²) in [5, 5.41) is 28.7. The predicted octanol–water partition coefficient (Wildman–Crippen LogP) is 2.88. The lowest BCUT2D eigenvalue weighted by Gasteiger charge is -2.28. The number of hydrogen-bond donors (Lipinski definition) is 2. The zero-order valence-electron chi connectivity index (χ0n) is 26.8. The van der Waals surface area contributed by atoms with E-state index in [1.54, 1.807) is 29.2 Å². The first kappa shape index (κ1) is 38.5. The Bertz CT molecular complexity index is 1790. The van der Waals surface area contributed by atoms with Crippen LogP contribution in [0.3, 0.4) is 0 Å². The molecule has 48 heavy (non-hydrogen) atoms. The van der Waals surface area contributed by atoms with E-state index >= 15 is 4.39 Å². The normalized spacial score (nSPS) is 14.5. The summed E-state index contributed by atoms with van der Waals surface area (Å²) in [5.74, 6) is -1.34. The quantitative estimate of drug-likeness (QED) is 0.137. The number of β-amino-alcohol motifs (C(OH)–C–C–N with tert-alkyl or cyclic N) is 1. The van der Waals surface area contributed by atoms with Crippen LogP contribution in [-0.4, -0.2) is 58.2 Å². The van der Waals surface area contributed by atoms with Crippen molar-refractivity contribution in [1.82, 2.24) is 15.3 Å². The zero-order chi connectivity index (χ0) is 33.0. The van der Waals surface area contributed by atoms with Gasteiger partial charge in [-0.15, -0.1) is 23.7 Å². The fraction of sp³-hybridized carbons (Fsp3) is 0.294. The van der Waals surface area contributed by atoms with Crippen LogP contribution in [0.15, 0.2) is 60.0 Å². The molecule has 0 spiro atoms. The first-order chi connectivity index (χ1) is 22.1. The number of esters is 1. The van der Waals surface area contributed by atoms with Crippen molar-refractivity contribution in [3.8, 4) is 23.1 Å². The van der Waals surface area contributed by atoms with E-state index in [2.05, 4.69) is 11.4 Å². The van der Waals surface area contributed by atoms with E-state index in [0.29, 0.717) is 35.0 Å². The van der Waals surface area contributed by atoms with Crippen molar-refractivity contribution in [1.29, 1.82) is 5.26 Å². The van der Waals surface area contributed by atoms with Crippen molar-refractivity contribution in [3.05, 3.63) is 98.9 Å². The molecular weight excluding hydrogens is 726 g/mol. The maximum atomic E-state index is 15.5. The first-order valence-electron chi connectivity index (χ1n) is 14.8. The number of nitriles is 1. The van der Waals surface area contributed by atoms with E-state index in [-0.39, 0.29) is 48.2 Å². The van der Waals surface area contributed by atoms with Gasteiger partial charge in [-0.25, -0.2) is 18.3 Å². The van der Waals surface area contributed by atoms with Crippen LogP contribution in [0.5, 0.6) is 5.75 Å². The number of benzene rings is 3. The minimum Gasteiger partial charge on any atom is -1.00 e. The molecule has 0 aliphatic carbocycles. The molecule has 0 radical (unpaired) electrons. The van der Waals surface area contributed by atoms with E-state index < -0.39 is 29.9 Å². The zero-order valence-corrected chi connectivity index (χ0v) is 30.0. The highest BCUT2D eigenvalue weighted by atomic mass is 79.9. The predicted molar refractivity (Wildman–Crippen MR) is 180 cm³/mol. The minimum absolute atomic E-state index is 0. The van der Waals surface area contributed by atoms with Crippen LogP contribution in [0.2, 0.25) is 0 Å². The van der Waals surface area contributed by atoms with Crippen LogP contribution in [0.25, 0.3) is 11.3 Å². The topological polar surface area (TPSA) is 105 Å². The van der Waals surface area contributed by atoms with Gasteiger partial charge in [0.05, 0.1) is 30.0 Å². The highest BCUT2D eigenvalue weighted by Gasteiger charge is 2.45. The number of hydrogen-bond acceptors (Lipinski definition) is 9. The molecule has 5 rings (SSSR count). The maximum Gasteiger partial charge on any atom is 0.325 e. The van der Waals surface area contributed by atoms with Gasteiger partial charge in [-0.05, 0) is 80.4 Å². The summed E-state index contributed by atoms with van der Waals surface area (Å²) >= 11 is 1.39. The number of aryl methyl sites for hydroxylation is 2. The molecule has 14 heteroatoms. The van der Waals surface area contributed by atoms with Crippen LogP contribution in [0.4, 0.5) is 14.5 Å². The highest BCUT2D eigenvalue weighted by molar-refractivity contribution is 7.10. The minimum atomic E-state index is -0.750. The molecule has 0 bridgehead atoms. The standard InChI is InChI=1S/C34H35F2N6O3S.BrH.ClH/c1-5-27(43)18-41-20-40(17-24-12-21(2)32(22(3)13-24)45-31(44)16-38-4)34(42(41)30-11-10-26(35)14-28(30)36)33-39-29(19-46-33)25-8-6-23(15-37)7-9-25;;/h6-14,19-20,27,34,38,43H,5,16-18H2,1-4H3;2*1H/q+1;;/p-1. The Morgan fingerprint density at radius 3 is 2.46 bits per heavy atom. The molecule has 254 valence electrons. The third-order valence-corrected chi connectivity index (χ3v) is 8.49. The van der Waals surface area contributed by atoms with E-state index in [1.807, 2.05) is 61.3 Å². The number of likely N-dealkylation sites (N-methyl/N-ethyl adjacent to an activating group) is 1. The number of carbonyl (C=O) groups excluding carboxylic acids is 1. The van der Waals surface area contributed by atoms with Crippen molar-refractivity contribution in [2.24, 2.45) is 0 Å². The van der Waals surface area contributed by atoms with Gasteiger partial charge in [-0.1, -0.05) is 19.1 Å². The number of aliphatic hydroxyl groups is 1. The SMILES string of the molecule is CCC(O)CN1C=[N+](Cc2cc(C)c(OC(=O)CNC)c(C)c2)C(c2nc(-c3ccc(C#N)cc3)cs2)N1c1ccc(F)cc1F.Cl.[Br-]. The number of rotatable bonds is 11. The lowest BCUT2D eigenvalue weighted by Crippen LogP contribution is -3.00. The molecule has 0 saturated heterocycles. The number of ether oxygens (including phenoxy) is 1. The average molecular weight is 762 g/mol. The molecule has 0 fully saturated rings. The lowest BCUT2D eigenvalue weighted by atomic mass is 10.1. The summed E-state index contributed by atoms with van der Waals surface area (Å²) in [6.07, 6.45) is 0.918. The van der Waals surface area contributed by atoms with Crippen molar-refractivity contribution < 1.29 is 45.0 Å². The maximum absolute atomic E-state index is 15.5. The van der Waals surface area contributed by atoms with E-state index in [0.717, 1.165) is 28.3 Å². The van der Waals surface area contributed by atoms with Gasteiger partial charge in [-0.2, -0.15) is 15.3 Å². The summed E-state index contributed by atoms with van der Waals surface area (Å²) < 4.78 is 37.1. The molecule has 1 aliphatic heterocycles. The Balaban J connectivity index is 0.00000312. The summed E-state index contributed by atoms with van der Waals surface area (Å²) in [6, 6.07) is 16.5. The summed E-state index contributed by atoms with van der Waals surface area (Å²) in [7, 11) is 1.67. The number of aliphatic hydroxyl groups excluding tert-OH is 1. The molecule has 9 nitrogen and oxygen atoms in total. The van der Waals surface area contributed by atoms with Gasteiger partial charge < -0.3 is 32.1 Å². The van der Waals surface area contributed by atoms with Crippen LogP contribution in [0, 0.1) is 36.8 Å². The summed E-state index contributed by atoms with van der Waals surface area (Å²) in [6.45, 7) is 6.21. The fourth-order valence-corrected chi connectivity index (χ4v) is 6.34. The number of anilines is 1. The number of nitrogens with zero attached hydrogens (tertiary/aromatic N) is 5. The molecule has 2 atom stereocenters. The fourth-order valence-electron chi connectivity index (χ4n) is 5.41. The second-order valence-electron chi connectivity index (χ2n) is 11.1. The van der Waals surface area contributed by atoms with Gasteiger partial charge in [0.25, 0.3) is 12.5 Å². The van der Waals surface area contributed by atoms with Gasteiger partial charge in [-0.3, -0.25) is 4.79 Å². The molecular formula is C34H36BrClF2N6O3S. The van der Waals surface area contributed by atoms with Gasteiger partial charge in [0.1, 0.15) is 30.3 Å². The van der Waals surface area contributed by atoms with Crippen LogP contribution < -0.4 is 32.0 Å². The monoisotopic (exact) mass is 760 g/mol. The van der Waals surface area contributed by atoms with Crippen molar-refractivity contribution in [3.63, 3.8) is 0 Å². The number of halogens is 4. The van der Waals surface area contributed by atoms with E-state index in [9.17, 15) is 19.6 Å². The molecule has 0 saturated carbocycles. The third-order valence-electron chi connectivity index (χ3n) is 7.60. The smallest absolute Gasteiger partial charge is 0.325 e. The molecule has 4 aromatic rings. The molecule has 1 aromatic heterocycles. The van der Waals surface area contributed by atoms with Gasteiger partial charge in [0.2, 0.25) is 0 Å². The number of nitrogens with one attached hydrogen (secondary N) is 1. The van der Waals surface area contributed by atoms with Crippen LogP contribution in [0.1, 0.15) is 46.8 Å². The Morgan fingerprint density at radius 1 is 1.17 bits per heavy atom. The Kier molecular flexibility index (Phi) is 13.6. The highest BCUT2D eigenvalue weighted by Crippen LogP contribution is 2.38. The number of aromatic nitrogens is 1. The molecule has 2 heterocycles. The van der Waals surface area contributed by atoms with Crippen LogP contribution in [-0.2, 0) is 11.3 Å². The molecule has 2 unspecified atom stereocenters. The van der Waals surface area contributed by atoms with Gasteiger partial charge >= 0.3 is 5.97 Å². The Morgan fingerprint density at radius 2 is 1.85 bits per heavy atom.